The fourth-order valence-electron chi connectivity index (χ4n) is 2.72. The zero-order chi connectivity index (χ0) is 15.0. The third-order valence-electron chi connectivity index (χ3n) is 3.72. The molecule has 0 aliphatic heterocycles. The summed E-state index contributed by atoms with van der Waals surface area (Å²) in [5.41, 5.74) is 4.19. The number of rotatable bonds is 4. The number of para-hydroxylation sites is 1. The van der Waals surface area contributed by atoms with Crippen molar-refractivity contribution >= 4 is 23.4 Å². The molecule has 5 nitrogen and oxygen atoms in total. The highest BCUT2D eigenvalue weighted by atomic mass is 32.1. The summed E-state index contributed by atoms with van der Waals surface area (Å²) in [5.74, 6) is 0.914. The van der Waals surface area contributed by atoms with Gasteiger partial charge in [0.25, 0.3) is 0 Å². The first-order valence-electron chi connectivity index (χ1n) is 6.86. The maximum atomic E-state index is 5.44. The molecule has 1 N–H and O–H groups in total. The van der Waals surface area contributed by atoms with Gasteiger partial charge in [-0.3, -0.25) is 4.68 Å². The molecular formula is C15H18N4OS. The first kappa shape index (κ1) is 13.9. The second kappa shape index (κ2) is 5.37. The quantitative estimate of drug-likeness (QED) is 0.754. The lowest BCUT2D eigenvalue weighted by Gasteiger charge is -2.09. The lowest BCUT2D eigenvalue weighted by Crippen LogP contribution is -2.06. The summed E-state index contributed by atoms with van der Waals surface area (Å²) in [6.45, 7) is 2.77. The molecule has 3 aromatic rings. The van der Waals surface area contributed by atoms with E-state index in [0.29, 0.717) is 0 Å². The van der Waals surface area contributed by atoms with Crippen molar-refractivity contribution in [2.45, 2.75) is 19.9 Å². The molecule has 0 spiro atoms. The van der Waals surface area contributed by atoms with Crippen molar-refractivity contribution in [3.8, 4) is 5.75 Å². The second-order valence-electron chi connectivity index (χ2n) is 5.05. The van der Waals surface area contributed by atoms with E-state index in [9.17, 15) is 0 Å². The van der Waals surface area contributed by atoms with Gasteiger partial charge in [-0.2, -0.15) is 5.10 Å². The molecule has 1 aromatic carbocycles. The Kier molecular flexibility index (Phi) is 3.55. The maximum Gasteiger partial charge on any atom is 0.179 e. The van der Waals surface area contributed by atoms with Gasteiger partial charge >= 0.3 is 0 Å². The van der Waals surface area contributed by atoms with Gasteiger partial charge in [-0.05, 0) is 37.2 Å². The Labute approximate surface area is 128 Å². The highest BCUT2D eigenvalue weighted by Crippen LogP contribution is 2.21. The van der Waals surface area contributed by atoms with E-state index >= 15 is 0 Å². The van der Waals surface area contributed by atoms with Crippen LogP contribution >= 0.6 is 12.2 Å². The molecule has 0 saturated carbocycles. The van der Waals surface area contributed by atoms with Gasteiger partial charge in [0.15, 0.2) is 10.4 Å². The Morgan fingerprint density at radius 3 is 2.86 bits per heavy atom. The van der Waals surface area contributed by atoms with E-state index in [4.69, 9.17) is 17.0 Å². The Bertz CT molecular complexity index is 843. The van der Waals surface area contributed by atoms with Crippen molar-refractivity contribution in [1.82, 2.24) is 19.3 Å². The van der Waals surface area contributed by atoms with Crippen molar-refractivity contribution in [1.29, 1.82) is 0 Å². The smallest absolute Gasteiger partial charge is 0.179 e. The van der Waals surface area contributed by atoms with E-state index in [1.165, 1.54) is 5.56 Å². The average molecular weight is 302 g/mol. The van der Waals surface area contributed by atoms with Crippen molar-refractivity contribution in [2.75, 3.05) is 7.11 Å². The molecule has 2 aromatic heterocycles. The molecule has 0 radical (unpaired) electrons. The van der Waals surface area contributed by atoms with Crippen molar-refractivity contribution < 1.29 is 4.74 Å². The fraction of sp³-hybridized carbons (Fsp3) is 0.333. The number of hydrogen-bond donors (Lipinski definition) is 1. The summed E-state index contributed by atoms with van der Waals surface area (Å²) in [6.07, 6.45) is 0.857. The standard InChI is InChI=1S/C15H18N4OS/c1-10-13-14(18(2)17-10)19(15(21)16-13)9-8-11-6-4-5-7-12(11)20-3/h4-7H,8-9H2,1-3H3,(H,16,21). The van der Waals surface area contributed by atoms with E-state index in [1.807, 2.05) is 36.9 Å². The largest absolute Gasteiger partial charge is 0.496 e. The first-order valence-corrected chi connectivity index (χ1v) is 7.26. The number of methoxy groups -OCH3 is 1. The van der Waals surface area contributed by atoms with Gasteiger partial charge in [0.05, 0.1) is 12.8 Å². The molecule has 0 amide bonds. The minimum absolute atomic E-state index is 0.732. The van der Waals surface area contributed by atoms with Crippen LogP contribution in [0.2, 0.25) is 0 Å². The van der Waals surface area contributed by atoms with Crippen LogP contribution in [0.5, 0.6) is 5.75 Å². The monoisotopic (exact) mass is 302 g/mol. The van der Waals surface area contributed by atoms with Crippen LogP contribution in [0.3, 0.4) is 0 Å². The summed E-state index contributed by atoms with van der Waals surface area (Å²) in [7, 11) is 3.64. The van der Waals surface area contributed by atoms with Crippen molar-refractivity contribution in [3.63, 3.8) is 0 Å². The van der Waals surface area contributed by atoms with Gasteiger partial charge in [0.2, 0.25) is 0 Å². The minimum Gasteiger partial charge on any atom is -0.496 e. The minimum atomic E-state index is 0.732. The third-order valence-corrected chi connectivity index (χ3v) is 4.04. The second-order valence-corrected chi connectivity index (χ2v) is 5.44. The Morgan fingerprint density at radius 2 is 2.10 bits per heavy atom. The molecule has 0 fully saturated rings. The summed E-state index contributed by atoms with van der Waals surface area (Å²) in [4.78, 5) is 3.24. The van der Waals surface area contributed by atoms with Crippen LogP contribution in [-0.4, -0.2) is 26.4 Å². The molecule has 21 heavy (non-hydrogen) atoms. The van der Waals surface area contributed by atoms with Crippen LogP contribution in [0.15, 0.2) is 24.3 Å². The van der Waals surface area contributed by atoms with E-state index < -0.39 is 0 Å². The predicted octanol–water partition coefficient (Wildman–Crippen LogP) is 2.99. The van der Waals surface area contributed by atoms with Crippen LogP contribution in [0, 0.1) is 11.7 Å². The van der Waals surface area contributed by atoms with Crippen LogP contribution < -0.4 is 4.74 Å². The van der Waals surface area contributed by atoms with E-state index in [2.05, 4.69) is 20.7 Å². The number of nitrogens with one attached hydrogen (secondary N) is 1. The van der Waals surface area contributed by atoms with Crippen molar-refractivity contribution in [3.05, 3.63) is 40.3 Å². The van der Waals surface area contributed by atoms with Gasteiger partial charge in [-0.1, -0.05) is 18.2 Å². The zero-order valence-electron chi connectivity index (χ0n) is 12.4. The van der Waals surface area contributed by atoms with E-state index in [0.717, 1.165) is 40.3 Å². The molecule has 0 bridgehead atoms. The lowest BCUT2D eigenvalue weighted by atomic mass is 10.1. The number of ether oxygens (including phenoxy) is 1. The highest BCUT2D eigenvalue weighted by molar-refractivity contribution is 7.71. The van der Waals surface area contributed by atoms with Gasteiger partial charge in [0.1, 0.15) is 11.3 Å². The number of fused-ring (bicyclic) bond motifs is 1. The van der Waals surface area contributed by atoms with Gasteiger partial charge in [-0.25, -0.2) is 0 Å². The van der Waals surface area contributed by atoms with E-state index in [1.54, 1.807) is 7.11 Å². The molecule has 2 heterocycles. The summed E-state index contributed by atoms with van der Waals surface area (Å²) >= 11 is 5.44. The molecule has 0 aliphatic carbocycles. The van der Waals surface area contributed by atoms with Crippen LogP contribution in [0.1, 0.15) is 11.3 Å². The van der Waals surface area contributed by atoms with Crippen LogP contribution in [-0.2, 0) is 20.0 Å². The first-order chi connectivity index (χ1) is 10.1. The maximum absolute atomic E-state index is 5.44. The van der Waals surface area contributed by atoms with E-state index in [-0.39, 0.29) is 0 Å². The molecule has 0 saturated heterocycles. The Hall–Kier alpha value is -2.08. The number of imidazole rings is 1. The fourth-order valence-corrected chi connectivity index (χ4v) is 3.00. The number of H-pyrrole nitrogens is 1. The number of nitrogens with zero attached hydrogens (tertiary/aromatic N) is 3. The molecule has 110 valence electrons. The summed E-state index contributed by atoms with van der Waals surface area (Å²) in [6, 6.07) is 8.07. The third kappa shape index (κ3) is 2.35. The molecule has 0 aliphatic rings. The number of aromatic nitrogens is 4. The van der Waals surface area contributed by atoms with Gasteiger partial charge < -0.3 is 14.3 Å². The molecule has 0 atom stereocenters. The number of hydrogen-bond acceptors (Lipinski definition) is 3. The van der Waals surface area contributed by atoms with Crippen LogP contribution in [0.4, 0.5) is 0 Å². The summed E-state index contributed by atoms with van der Waals surface area (Å²) in [5, 5.41) is 4.43. The lowest BCUT2D eigenvalue weighted by molar-refractivity contribution is 0.408. The Balaban J connectivity index is 1.95. The van der Waals surface area contributed by atoms with Gasteiger partial charge in [0, 0.05) is 13.6 Å². The molecule has 3 rings (SSSR count). The normalized spacial score (nSPS) is 11.2. The number of benzene rings is 1. The SMILES string of the molecule is COc1ccccc1CCn1c(=S)[nH]c2c(C)nn(C)c21. The molecular weight excluding hydrogens is 284 g/mol. The highest BCUT2D eigenvalue weighted by Gasteiger charge is 2.13. The molecule has 6 heteroatoms. The summed E-state index contributed by atoms with van der Waals surface area (Å²) < 4.78 is 10.1. The molecule has 0 unspecified atom stereocenters. The van der Waals surface area contributed by atoms with Crippen molar-refractivity contribution in [2.24, 2.45) is 7.05 Å². The topological polar surface area (TPSA) is 47.8 Å². The van der Waals surface area contributed by atoms with Crippen LogP contribution in [0.25, 0.3) is 11.2 Å². The predicted molar refractivity (Wildman–Crippen MR) is 85.3 cm³/mol. The zero-order valence-corrected chi connectivity index (χ0v) is 13.2. The number of aromatic amines is 1. The number of aryl methyl sites for hydroxylation is 4. The Morgan fingerprint density at radius 1 is 1.33 bits per heavy atom. The average Bonchev–Trinajstić information content (AvgIpc) is 2.95. The van der Waals surface area contributed by atoms with Gasteiger partial charge in [-0.15, -0.1) is 0 Å².